The van der Waals surface area contributed by atoms with Crippen LogP contribution in [0.2, 0.25) is 0 Å². The van der Waals surface area contributed by atoms with Gasteiger partial charge in [0.2, 0.25) is 5.89 Å². The molecule has 0 aliphatic rings. The standard InChI is InChI=1S/C47H30N2O/c1-2-11-34(12-3-1)47-48-46-42(15-8-16-45(46)50-47)33-18-22-37(23-19-33)49(38-24-17-31-9-4-5-13-35(31)29-38)39-25-28-41-36(30-39)21-27-43-40-14-7-6-10-32(40)20-26-44(41)43/h1-30H. The average molecular weight is 639 g/mol. The number of anilines is 3. The molecule has 50 heavy (non-hydrogen) atoms. The zero-order chi connectivity index (χ0) is 33.0. The SMILES string of the molecule is c1ccc(-c2nc3c(-c4ccc(N(c5ccc6ccccc6c5)c5ccc6c(ccc7c8ccccc8ccc67)c5)cc4)cccc3o2)cc1. The highest BCUT2D eigenvalue weighted by molar-refractivity contribution is 6.17. The lowest BCUT2D eigenvalue weighted by molar-refractivity contribution is 0.620. The number of nitrogens with zero attached hydrogens (tertiary/aromatic N) is 2. The van der Waals surface area contributed by atoms with E-state index in [9.17, 15) is 0 Å². The smallest absolute Gasteiger partial charge is 0.227 e. The molecule has 0 N–H and O–H groups in total. The first-order chi connectivity index (χ1) is 24.8. The molecule has 3 nitrogen and oxygen atoms in total. The largest absolute Gasteiger partial charge is 0.436 e. The number of benzene rings is 9. The maximum Gasteiger partial charge on any atom is 0.227 e. The van der Waals surface area contributed by atoms with Crippen molar-refractivity contribution in [3.63, 3.8) is 0 Å². The predicted octanol–water partition coefficient (Wildman–Crippen LogP) is 13.2. The van der Waals surface area contributed by atoms with Crippen molar-refractivity contribution in [1.29, 1.82) is 0 Å². The van der Waals surface area contributed by atoms with Gasteiger partial charge in [-0.3, -0.25) is 0 Å². The Labute approximate surface area is 289 Å². The molecule has 0 atom stereocenters. The predicted molar refractivity (Wildman–Crippen MR) is 210 cm³/mol. The van der Waals surface area contributed by atoms with Crippen LogP contribution in [0.1, 0.15) is 0 Å². The van der Waals surface area contributed by atoms with Gasteiger partial charge in [-0.2, -0.15) is 0 Å². The first-order valence-electron chi connectivity index (χ1n) is 17.0. The Balaban J connectivity index is 1.10. The van der Waals surface area contributed by atoms with Crippen molar-refractivity contribution in [3.05, 3.63) is 182 Å². The average Bonchev–Trinajstić information content (AvgIpc) is 3.63. The molecule has 1 heterocycles. The Bertz CT molecular complexity index is 2870. The molecule has 0 aliphatic heterocycles. The number of hydrogen-bond donors (Lipinski definition) is 0. The van der Waals surface area contributed by atoms with Crippen LogP contribution in [0.25, 0.3) is 76.8 Å². The van der Waals surface area contributed by atoms with Crippen LogP contribution >= 0.6 is 0 Å². The lowest BCUT2D eigenvalue weighted by atomic mass is 9.96. The summed E-state index contributed by atoms with van der Waals surface area (Å²) in [6.07, 6.45) is 0. The summed E-state index contributed by atoms with van der Waals surface area (Å²) in [6.45, 7) is 0. The van der Waals surface area contributed by atoms with Gasteiger partial charge in [0.15, 0.2) is 5.58 Å². The summed E-state index contributed by atoms with van der Waals surface area (Å²) in [4.78, 5) is 7.28. The van der Waals surface area contributed by atoms with Gasteiger partial charge >= 0.3 is 0 Å². The van der Waals surface area contributed by atoms with E-state index in [1.165, 1.54) is 43.1 Å². The molecule has 0 bridgehead atoms. The minimum Gasteiger partial charge on any atom is -0.436 e. The van der Waals surface area contributed by atoms with E-state index in [1.807, 2.05) is 42.5 Å². The monoisotopic (exact) mass is 638 g/mol. The second-order valence-corrected chi connectivity index (χ2v) is 12.8. The summed E-state index contributed by atoms with van der Waals surface area (Å²) in [5, 5.41) is 9.98. The van der Waals surface area contributed by atoms with E-state index in [0.717, 1.165) is 44.9 Å². The third-order valence-corrected chi connectivity index (χ3v) is 9.85. The minimum absolute atomic E-state index is 0.629. The summed E-state index contributed by atoms with van der Waals surface area (Å²) in [5.41, 5.74) is 8.02. The third-order valence-electron chi connectivity index (χ3n) is 9.85. The minimum atomic E-state index is 0.629. The topological polar surface area (TPSA) is 29.3 Å². The lowest BCUT2D eigenvalue weighted by Gasteiger charge is -2.26. The Morgan fingerprint density at radius 2 is 0.980 bits per heavy atom. The zero-order valence-corrected chi connectivity index (χ0v) is 27.1. The Morgan fingerprint density at radius 3 is 1.80 bits per heavy atom. The van der Waals surface area contributed by atoms with E-state index in [-0.39, 0.29) is 0 Å². The molecule has 0 spiro atoms. The summed E-state index contributed by atoms with van der Waals surface area (Å²) in [5.74, 6) is 0.629. The molecule has 0 radical (unpaired) electrons. The number of aromatic nitrogens is 1. The van der Waals surface area contributed by atoms with Gasteiger partial charge in [-0.05, 0) is 103 Å². The number of fused-ring (bicyclic) bond motifs is 7. The highest BCUT2D eigenvalue weighted by Gasteiger charge is 2.17. The Kier molecular flexibility index (Phi) is 6.49. The number of hydrogen-bond acceptors (Lipinski definition) is 3. The van der Waals surface area contributed by atoms with Crippen LogP contribution in [0.15, 0.2) is 186 Å². The van der Waals surface area contributed by atoms with Crippen LogP contribution in [0.3, 0.4) is 0 Å². The molecule has 0 saturated heterocycles. The summed E-state index contributed by atoms with van der Waals surface area (Å²) >= 11 is 0. The highest BCUT2D eigenvalue weighted by Crippen LogP contribution is 2.41. The van der Waals surface area contributed by atoms with Gasteiger partial charge in [0.1, 0.15) is 5.52 Å². The molecule has 234 valence electrons. The van der Waals surface area contributed by atoms with Crippen molar-refractivity contribution in [2.24, 2.45) is 0 Å². The molecule has 9 aromatic carbocycles. The van der Waals surface area contributed by atoms with Gasteiger partial charge in [0.05, 0.1) is 0 Å². The zero-order valence-electron chi connectivity index (χ0n) is 27.1. The second-order valence-electron chi connectivity index (χ2n) is 12.8. The number of oxazole rings is 1. The molecule has 10 rings (SSSR count). The third kappa shape index (κ3) is 4.71. The van der Waals surface area contributed by atoms with Gasteiger partial charge in [0, 0.05) is 28.2 Å². The maximum absolute atomic E-state index is 6.19. The van der Waals surface area contributed by atoms with Crippen molar-refractivity contribution in [1.82, 2.24) is 4.98 Å². The quantitative estimate of drug-likeness (QED) is 0.176. The first-order valence-corrected chi connectivity index (χ1v) is 17.0. The van der Waals surface area contributed by atoms with Crippen LogP contribution in [0.4, 0.5) is 17.1 Å². The fourth-order valence-corrected chi connectivity index (χ4v) is 7.39. The summed E-state index contributed by atoms with van der Waals surface area (Å²) < 4.78 is 6.19. The number of para-hydroxylation sites is 1. The first kappa shape index (κ1) is 28.3. The molecule has 0 saturated carbocycles. The van der Waals surface area contributed by atoms with Crippen molar-refractivity contribution in [3.8, 4) is 22.6 Å². The summed E-state index contributed by atoms with van der Waals surface area (Å²) in [7, 11) is 0. The van der Waals surface area contributed by atoms with Crippen molar-refractivity contribution in [2.75, 3.05) is 4.90 Å². The van der Waals surface area contributed by atoms with Gasteiger partial charge in [-0.15, -0.1) is 0 Å². The Morgan fingerprint density at radius 1 is 0.380 bits per heavy atom. The van der Waals surface area contributed by atoms with Crippen LogP contribution in [0.5, 0.6) is 0 Å². The highest BCUT2D eigenvalue weighted by atomic mass is 16.3. The van der Waals surface area contributed by atoms with Crippen LogP contribution in [-0.2, 0) is 0 Å². The van der Waals surface area contributed by atoms with Crippen LogP contribution < -0.4 is 4.90 Å². The normalized spacial score (nSPS) is 11.6. The molecular weight excluding hydrogens is 609 g/mol. The van der Waals surface area contributed by atoms with Crippen LogP contribution in [0, 0.1) is 0 Å². The molecule has 0 fully saturated rings. The molecule has 0 aliphatic carbocycles. The number of rotatable bonds is 5. The van der Waals surface area contributed by atoms with Gasteiger partial charge in [-0.1, -0.05) is 127 Å². The maximum atomic E-state index is 6.19. The summed E-state index contributed by atoms with van der Waals surface area (Å²) in [6, 6.07) is 64.7. The molecule has 0 unspecified atom stereocenters. The van der Waals surface area contributed by atoms with Gasteiger partial charge < -0.3 is 9.32 Å². The van der Waals surface area contributed by atoms with E-state index < -0.39 is 0 Å². The van der Waals surface area contributed by atoms with E-state index in [4.69, 9.17) is 9.40 Å². The van der Waals surface area contributed by atoms with E-state index >= 15 is 0 Å². The molecule has 0 amide bonds. The molecule has 3 heteroatoms. The van der Waals surface area contributed by atoms with E-state index in [1.54, 1.807) is 0 Å². The van der Waals surface area contributed by atoms with Gasteiger partial charge in [-0.25, -0.2) is 4.98 Å². The van der Waals surface area contributed by atoms with Crippen molar-refractivity contribution >= 4 is 71.3 Å². The fourth-order valence-electron chi connectivity index (χ4n) is 7.39. The van der Waals surface area contributed by atoms with Gasteiger partial charge in [0.25, 0.3) is 0 Å². The Hall–Kier alpha value is -6.71. The van der Waals surface area contributed by atoms with Crippen LogP contribution in [-0.4, -0.2) is 4.98 Å². The molecule has 10 aromatic rings. The van der Waals surface area contributed by atoms with E-state index in [0.29, 0.717) is 5.89 Å². The molecular formula is C47H30N2O. The van der Waals surface area contributed by atoms with Crippen molar-refractivity contribution < 1.29 is 4.42 Å². The lowest BCUT2D eigenvalue weighted by Crippen LogP contribution is -2.10. The van der Waals surface area contributed by atoms with Crippen molar-refractivity contribution in [2.45, 2.75) is 0 Å². The second kappa shape index (κ2) is 11.5. The van der Waals surface area contributed by atoms with E-state index in [2.05, 4.69) is 144 Å². The molecule has 1 aromatic heterocycles. The fraction of sp³-hybridized carbons (Fsp3) is 0.